The van der Waals surface area contributed by atoms with Crippen molar-refractivity contribution in [2.45, 2.75) is 44.3 Å². The van der Waals surface area contributed by atoms with Crippen LogP contribution in [0, 0.1) is 6.92 Å². The van der Waals surface area contributed by atoms with Gasteiger partial charge in [0, 0.05) is 12.1 Å². The number of carboxylic acids is 1. The maximum Gasteiger partial charge on any atom is 0.339 e. The molecule has 2 saturated heterocycles. The second-order valence-electron chi connectivity index (χ2n) is 4.75. The molecule has 17 heavy (non-hydrogen) atoms. The Morgan fingerprint density at radius 1 is 1.53 bits per heavy atom. The fourth-order valence-electron chi connectivity index (χ4n) is 2.78. The molecule has 1 aromatic rings. The molecule has 3 heterocycles. The molecule has 3 atom stereocenters. The molecule has 2 aliphatic rings. The lowest BCUT2D eigenvalue weighted by Gasteiger charge is -2.17. The van der Waals surface area contributed by atoms with Crippen LogP contribution in [0.1, 0.15) is 47.1 Å². The van der Waals surface area contributed by atoms with Gasteiger partial charge < -0.3 is 9.84 Å². The average Bonchev–Trinajstić information content (AvgIpc) is 2.89. The maximum absolute atomic E-state index is 10.9. The monoisotopic (exact) mass is 234 g/mol. The molecule has 2 bridgehead atoms. The smallest absolute Gasteiger partial charge is 0.339 e. The third-order valence-corrected chi connectivity index (χ3v) is 3.67. The molecular weight excluding hydrogens is 220 g/mol. The van der Waals surface area contributed by atoms with Crippen LogP contribution in [0.2, 0.25) is 0 Å². The van der Waals surface area contributed by atoms with Gasteiger partial charge >= 0.3 is 5.97 Å². The van der Waals surface area contributed by atoms with Gasteiger partial charge in [-0.3, -0.25) is 0 Å². The van der Waals surface area contributed by atoms with Gasteiger partial charge in [-0.25, -0.2) is 14.8 Å². The standard InChI is InChI=1S/C12H14N2O3/c1-6-9(12(15)16)5-13-11(14-6)8-4-7-2-3-10(8)17-7/h5,7-8,10H,2-4H2,1H3,(H,15,16). The predicted molar refractivity (Wildman–Crippen MR) is 59.0 cm³/mol. The van der Waals surface area contributed by atoms with Crippen LogP contribution in [0.3, 0.4) is 0 Å². The van der Waals surface area contributed by atoms with Gasteiger partial charge in [-0.15, -0.1) is 0 Å². The van der Waals surface area contributed by atoms with Gasteiger partial charge in [-0.1, -0.05) is 0 Å². The highest BCUT2D eigenvalue weighted by Gasteiger charge is 2.42. The molecular formula is C12H14N2O3. The van der Waals surface area contributed by atoms with E-state index in [2.05, 4.69) is 9.97 Å². The molecule has 0 radical (unpaired) electrons. The summed E-state index contributed by atoms with van der Waals surface area (Å²) in [6, 6.07) is 0. The molecule has 5 heteroatoms. The van der Waals surface area contributed by atoms with E-state index in [4.69, 9.17) is 9.84 Å². The first-order valence-electron chi connectivity index (χ1n) is 5.87. The Morgan fingerprint density at radius 2 is 2.35 bits per heavy atom. The molecule has 90 valence electrons. The molecule has 2 fully saturated rings. The molecule has 3 rings (SSSR count). The minimum atomic E-state index is -0.974. The van der Waals surface area contributed by atoms with E-state index in [9.17, 15) is 4.79 Å². The molecule has 1 N–H and O–H groups in total. The van der Waals surface area contributed by atoms with Crippen LogP contribution in [0.5, 0.6) is 0 Å². The zero-order chi connectivity index (χ0) is 12.0. The van der Waals surface area contributed by atoms with Crippen LogP contribution >= 0.6 is 0 Å². The van der Waals surface area contributed by atoms with Crippen LogP contribution in [-0.4, -0.2) is 33.3 Å². The van der Waals surface area contributed by atoms with Gasteiger partial charge in [0.1, 0.15) is 5.82 Å². The Labute approximate surface area is 98.8 Å². The number of nitrogens with zero attached hydrogens (tertiary/aromatic N) is 2. The van der Waals surface area contributed by atoms with Crippen LogP contribution < -0.4 is 0 Å². The van der Waals surface area contributed by atoms with Crippen molar-refractivity contribution in [1.29, 1.82) is 0 Å². The van der Waals surface area contributed by atoms with Gasteiger partial charge in [0.2, 0.25) is 0 Å². The number of fused-ring (bicyclic) bond motifs is 2. The van der Waals surface area contributed by atoms with Crippen molar-refractivity contribution in [3.05, 3.63) is 23.3 Å². The minimum Gasteiger partial charge on any atom is -0.478 e. The molecule has 0 saturated carbocycles. The van der Waals surface area contributed by atoms with E-state index in [1.165, 1.54) is 6.20 Å². The lowest BCUT2D eigenvalue weighted by atomic mass is 9.88. The fourth-order valence-corrected chi connectivity index (χ4v) is 2.78. The summed E-state index contributed by atoms with van der Waals surface area (Å²) in [5.74, 6) is 0.00763. The third-order valence-electron chi connectivity index (χ3n) is 3.67. The van der Waals surface area contributed by atoms with Crippen molar-refractivity contribution >= 4 is 5.97 Å². The SMILES string of the molecule is Cc1nc(C2CC3CCC2O3)ncc1C(=O)O. The Hall–Kier alpha value is -1.49. The second kappa shape index (κ2) is 3.77. The summed E-state index contributed by atoms with van der Waals surface area (Å²) >= 11 is 0. The number of aromatic carboxylic acids is 1. The van der Waals surface area contributed by atoms with Crippen molar-refractivity contribution in [1.82, 2.24) is 9.97 Å². The molecule has 0 amide bonds. The van der Waals surface area contributed by atoms with Gasteiger partial charge in [-0.2, -0.15) is 0 Å². The first-order valence-corrected chi connectivity index (χ1v) is 5.87. The Morgan fingerprint density at radius 3 is 2.88 bits per heavy atom. The number of carboxylic acid groups (broad SMARTS) is 1. The fraction of sp³-hybridized carbons (Fsp3) is 0.583. The largest absolute Gasteiger partial charge is 0.478 e. The minimum absolute atomic E-state index is 0.179. The lowest BCUT2D eigenvalue weighted by Crippen LogP contribution is -2.18. The highest BCUT2D eigenvalue weighted by Crippen LogP contribution is 2.43. The van der Waals surface area contributed by atoms with E-state index >= 15 is 0 Å². The number of ether oxygens (including phenoxy) is 1. The lowest BCUT2D eigenvalue weighted by molar-refractivity contribution is 0.0695. The van der Waals surface area contributed by atoms with Crippen LogP contribution in [0.15, 0.2) is 6.20 Å². The summed E-state index contributed by atoms with van der Waals surface area (Å²) in [7, 11) is 0. The Bertz CT molecular complexity index is 475. The van der Waals surface area contributed by atoms with Crippen LogP contribution in [0.25, 0.3) is 0 Å². The predicted octanol–water partition coefficient (Wildman–Crippen LogP) is 1.52. The molecule has 5 nitrogen and oxygen atoms in total. The van der Waals surface area contributed by atoms with Crippen LogP contribution in [0.4, 0.5) is 0 Å². The maximum atomic E-state index is 10.9. The number of hydrogen-bond donors (Lipinski definition) is 1. The summed E-state index contributed by atoms with van der Waals surface area (Å²) in [4.78, 5) is 19.4. The van der Waals surface area contributed by atoms with E-state index in [0.29, 0.717) is 11.8 Å². The summed E-state index contributed by atoms with van der Waals surface area (Å²) in [5.41, 5.74) is 0.711. The van der Waals surface area contributed by atoms with Gasteiger partial charge in [-0.05, 0) is 26.2 Å². The van der Waals surface area contributed by atoms with Crippen LogP contribution in [-0.2, 0) is 4.74 Å². The molecule has 1 aromatic heterocycles. The van der Waals surface area contributed by atoms with Crippen molar-refractivity contribution in [3.8, 4) is 0 Å². The summed E-state index contributed by atoms with van der Waals surface area (Å²) < 4.78 is 5.76. The number of aromatic nitrogens is 2. The van der Waals surface area contributed by atoms with Crippen molar-refractivity contribution in [2.24, 2.45) is 0 Å². The molecule has 3 unspecified atom stereocenters. The van der Waals surface area contributed by atoms with E-state index in [1.807, 2.05) is 0 Å². The number of hydrogen-bond acceptors (Lipinski definition) is 4. The molecule has 0 aliphatic carbocycles. The Kier molecular flexibility index (Phi) is 2.36. The quantitative estimate of drug-likeness (QED) is 0.839. The van der Waals surface area contributed by atoms with Gasteiger partial charge in [0.05, 0.1) is 23.5 Å². The van der Waals surface area contributed by atoms with Crippen molar-refractivity contribution in [2.75, 3.05) is 0 Å². The second-order valence-corrected chi connectivity index (χ2v) is 4.75. The van der Waals surface area contributed by atoms with Crippen molar-refractivity contribution in [3.63, 3.8) is 0 Å². The summed E-state index contributed by atoms with van der Waals surface area (Å²) in [6.45, 7) is 1.71. The van der Waals surface area contributed by atoms with E-state index in [0.717, 1.165) is 25.1 Å². The van der Waals surface area contributed by atoms with Gasteiger partial charge in [0.15, 0.2) is 0 Å². The first-order chi connectivity index (χ1) is 8.15. The highest BCUT2D eigenvalue weighted by molar-refractivity contribution is 5.88. The number of aryl methyl sites for hydroxylation is 1. The number of rotatable bonds is 2. The third kappa shape index (κ3) is 1.70. The highest BCUT2D eigenvalue weighted by atomic mass is 16.5. The Balaban J connectivity index is 1.89. The molecule has 0 aromatic carbocycles. The average molecular weight is 234 g/mol. The van der Waals surface area contributed by atoms with Crippen molar-refractivity contribution < 1.29 is 14.6 Å². The topological polar surface area (TPSA) is 72.3 Å². The van der Waals surface area contributed by atoms with Gasteiger partial charge in [0.25, 0.3) is 0 Å². The number of carbonyl (C=O) groups is 1. The molecule has 0 spiro atoms. The zero-order valence-corrected chi connectivity index (χ0v) is 9.59. The first kappa shape index (κ1) is 10.7. The van der Waals surface area contributed by atoms with E-state index in [1.54, 1.807) is 6.92 Å². The summed E-state index contributed by atoms with van der Waals surface area (Å²) in [6.07, 6.45) is 5.16. The van der Waals surface area contributed by atoms with E-state index in [-0.39, 0.29) is 17.6 Å². The van der Waals surface area contributed by atoms with E-state index < -0.39 is 5.97 Å². The summed E-state index contributed by atoms with van der Waals surface area (Å²) in [5, 5.41) is 8.92. The normalized spacial score (nSPS) is 30.8. The molecule has 2 aliphatic heterocycles. The zero-order valence-electron chi connectivity index (χ0n) is 9.59.